The maximum absolute atomic E-state index is 6.17. The summed E-state index contributed by atoms with van der Waals surface area (Å²) >= 11 is 6.15. The van der Waals surface area contributed by atoms with E-state index in [1.807, 2.05) is 12.1 Å². The summed E-state index contributed by atoms with van der Waals surface area (Å²) in [5.74, 6) is 0.466. The van der Waals surface area contributed by atoms with E-state index in [9.17, 15) is 0 Å². The van der Waals surface area contributed by atoms with Gasteiger partial charge in [0.05, 0.1) is 0 Å². The van der Waals surface area contributed by atoms with Crippen LogP contribution in [0.3, 0.4) is 0 Å². The van der Waals surface area contributed by atoms with E-state index in [0.717, 1.165) is 17.0 Å². The minimum absolute atomic E-state index is 0. The molecule has 1 aromatic rings. The van der Waals surface area contributed by atoms with Crippen LogP contribution >= 0.6 is 24.0 Å². The number of halogens is 2. The average molecular weight is 248 g/mol. The topological polar surface area (TPSA) is 26.0 Å². The largest absolute Gasteiger partial charge is 0.324 e. The molecule has 15 heavy (non-hydrogen) atoms. The zero-order chi connectivity index (χ0) is 10.7. The molecule has 1 nitrogen and oxygen atoms in total. The molecule has 0 aliphatic heterocycles. The van der Waals surface area contributed by atoms with E-state index in [-0.39, 0.29) is 18.4 Å². The van der Waals surface area contributed by atoms with Crippen molar-refractivity contribution >= 4 is 24.0 Å². The maximum Gasteiger partial charge on any atom is 0.0456 e. The Morgan fingerprint density at radius 3 is 2.47 bits per heavy atom. The molecule has 86 valence electrons. The Balaban J connectivity index is 0.00000196. The van der Waals surface area contributed by atoms with Crippen LogP contribution in [-0.2, 0) is 0 Å². The third kappa shape index (κ3) is 3.37. The number of nitrogens with two attached hydrogens (primary N) is 1. The summed E-state index contributed by atoms with van der Waals surface area (Å²) in [5, 5.41) is 0.790. The quantitative estimate of drug-likeness (QED) is 0.855. The summed E-state index contributed by atoms with van der Waals surface area (Å²) in [6, 6.07) is 5.98. The molecule has 0 spiro atoms. The van der Waals surface area contributed by atoms with Crippen molar-refractivity contribution in [1.82, 2.24) is 0 Å². The number of aryl methyl sites for hydroxylation is 1. The Morgan fingerprint density at radius 1 is 1.40 bits per heavy atom. The van der Waals surface area contributed by atoms with Crippen molar-refractivity contribution in [2.45, 2.75) is 33.2 Å². The monoisotopic (exact) mass is 247 g/mol. The van der Waals surface area contributed by atoms with E-state index in [0.29, 0.717) is 5.92 Å². The second-order valence-electron chi connectivity index (χ2n) is 3.88. The van der Waals surface area contributed by atoms with Crippen LogP contribution in [0.15, 0.2) is 18.2 Å². The van der Waals surface area contributed by atoms with Gasteiger partial charge in [-0.25, -0.2) is 0 Å². The predicted molar refractivity (Wildman–Crippen MR) is 69.8 cm³/mol. The Morgan fingerprint density at radius 2 is 2.00 bits per heavy atom. The van der Waals surface area contributed by atoms with Gasteiger partial charge in [0.15, 0.2) is 0 Å². The minimum Gasteiger partial charge on any atom is -0.324 e. The fourth-order valence-electron chi connectivity index (χ4n) is 1.61. The molecular formula is C12H19Cl2N. The highest BCUT2D eigenvalue weighted by Crippen LogP contribution is 2.30. The standard InChI is InChI=1S/C12H18ClN.ClH/c1-4-8(2)12(14)11-9(3)6-5-7-10(11)13;/h5-8,12H,4,14H2,1-3H3;1H/t8?,12-;/m0./s1. The van der Waals surface area contributed by atoms with Gasteiger partial charge in [-0.2, -0.15) is 0 Å². The highest BCUT2D eigenvalue weighted by Gasteiger charge is 2.17. The van der Waals surface area contributed by atoms with E-state index in [2.05, 4.69) is 26.8 Å². The number of hydrogen-bond donors (Lipinski definition) is 1. The Labute approximate surface area is 103 Å². The van der Waals surface area contributed by atoms with Crippen LogP contribution in [0.2, 0.25) is 5.02 Å². The molecule has 1 rings (SSSR count). The van der Waals surface area contributed by atoms with Crippen LogP contribution in [0.1, 0.15) is 37.4 Å². The minimum atomic E-state index is 0. The predicted octanol–water partition coefficient (Wildman–Crippen LogP) is 4.12. The van der Waals surface area contributed by atoms with Crippen molar-refractivity contribution in [2.24, 2.45) is 11.7 Å². The highest BCUT2D eigenvalue weighted by atomic mass is 35.5. The first kappa shape index (κ1) is 14.8. The highest BCUT2D eigenvalue weighted by molar-refractivity contribution is 6.31. The van der Waals surface area contributed by atoms with Gasteiger partial charge in [-0.1, -0.05) is 44.0 Å². The summed E-state index contributed by atoms with van der Waals surface area (Å²) in [4.78, 5) is 0. The lowest BCUT2D eigenvalue weighted by atomic mass is 9.91. The Hall–Kier alpha value is -0.240. The first-order valence-electron chi connectivity index (χ1n) is 5.08. The first-order valence-corrected chi connectivity index (χ1v) is 5.46. The average Bonchev–Trinajstić information content (AvgIpc) is 2.16. The molecule has 1 unspecified atom stereocenters. The summed E-state index contributed by atoms with van der Waals surface area (Å²) in [6.07, 6.45) is 1.08. The summed E-state index contributed by atoms with van der Waals surface area (Å²) in [6.45, 7) is 6.37. The molecule has 0 aliphatic carbocycles. The summed E-state index contributed by atoms with van der Waals surface area (Å²) in [5.41, 5.74) is 8.45. The van der Waals surface area contributed by atoms with Crippen molar-refractivity contribution in [3.63, 3.8) is 0 Å². The molecule has 0 amide bonds. The Kier molecular flexibility index (Phi) is 6.26. The lowest BCUT2D eigenvalue weighted by Crippen LogP contribution is -2.20. The fourth-order valence-corrected chi connectivity index (χ4v) is 1.95. The van der Waals surface area contributed by atoms with Crippen LogP contribution < -0.4 is 5.73 Å². The zero-order valence-electron chi connectivity index (χ0n) is 9.46. The smallest absolute Gasteiger partial charge is 0.0456 e. The SMILES string of the molecule is CCC(C)[C@H](N)c1c(C)cccc1Cl.Cl. The molecule has 2 N–H and O–H groups in total. The molecule has 0 saturated heterocycles. The maximum atomic E-state index is 6.17. The molecule has 0 fully saturated rings. The van der Waals surface area contributed by atoms with Crippen molar-refractivity contribution in [1.29, 1.82) is 0 Å². The molecule has 1 aromatic carbocycles. The first-order chi connectivity index (χ1) is 6.57. The number of rotatable bonds is 3. The van der Waals surface area contributed by atoms with Crippen LogP contribution in [0.4, 0.5) is 0 Å². The summed E-state index contributed by atoms with van der Waals surface area (Å²) < 4.78 is 0. The van der Waals surface area contributed by atoms with Gasteiger partial charge in [0.1, 0.15) is 0 Å². The second-order valence-corrected chi connectivity index (χ2v) is 4.29. The van der Waals surface area contributed by atoms with Gasteiger partial charge in [0.2, 0.25) is 0 Å². The van der Waals surface area contributed by atoms with Crippen LogP contribution in [0.25, 0.3) is 0 Å². The van der Waals surface area contributed by atoms with Crippen molar-refractivity contribution in [3.8, 4) is 0 Å². The molecule has 0 aliphatic rings. The Bertz CT molecular complexity index is 292. The lowest BCUT2D eigenvalue weighted by Gasteiger charge is -2.21. The fraction of sp³-hybridized carbons (Fsp3) is 0.500. The molecule has 0 heterocycles. The van der Waals surface area contributed by atoms with Crippen LogP contribution in [0, 0.1) is 12.8 Å². The molecule has 0 radical (unpaired) electrons. The number of hydrogen-bond acceptors (Lipinski definition) is 1. The number of benzene rings is 1. The van der Waals surface area contributed by atoms with Crippen molar-refractivity contribution in [3.05, 3.63) is 34.3 Å². The molecular weight excluding hydrogens is 229 g/mol. The third-order valence-corrected chi connectivity index (χ3v) is 3.19. The lowest BCUT2D eigenvalue weighted by molar-refractivity contribution is 0.455. The van der Waals surface area contributed by atoms with E-state index in [1.165, 1.54) is 5.56 Å². The van der Waals surface area contributed by atoms with Gasteiger partial charge in [-0.15, -0.1) is 12.4 Å². The van der Waals surface area contributed by atoms with Crippen LogP contribution in [-0.4, -0.2) is 0 Å². The van der Waals surface area contributed by atoms with E-state index in [1.54, 1.807) is 0 Å². The van der Waals surface area contributed by atoms with Gasteiger partial charge in [0.25, 0.3) is 0 Å². The van der Waals surface area contributed by atoms with Gasteiger partial charge in [-0.3, -0.25) is 0 Å². The molecule has 0 aromatic heterocycles. The molecule has 0 bridgehead atoms. The van der Waals surface area contributed by atoms with Crippen molar-refractivity contribution < 1.29 is 0 Å². The zero-order valence-corrected chi connectivity index (χ0v) is 11.0. The second kappa shape index (κ2) is 6.37. The van der Waals surface area contributed by atoms with Gasteiger partial charge in [-0.05, 0) is 30.0 Å². The molecule has 3 heteroatoms. The van der Waals surface area contributed by atoms with Crippen molar-refractivity contribution in [2.75, 3.05) is 0 Å². The molecule has 0 saturated carbocycles. The van der Waals surface area contributed by atoms with Gasteiger partial charge < -0.3 is 5.73 Å². The normalized spacial score (nSPS) is 14.2. The van der Waals surface area contributed by atoms with E-state index >= 15 is 0 Å². The summed E-state index contributed by atoms with van der Waals surface area (Å²) in [7, 11) is 0. The van der Waals surface area contributed by atoms with Gasteiger partial charge in [0, 0.05) is 11.1 Å². The third-order valence-electron chi connectivity index (χ3n) is 2.86. The van der Waals surface area contributed by atoms with Crippen LogP contribution in [0.5, 0.6) is 0 Å². The van der Waals surface area contributed by atoms with Gasteiger partial charge >= 0.3 is 0 Å². The van der Waals surface area contributed by atoms with E-state index < -0.39 is 0 Å². The van der Waals surface area contributed by atoms with E-state index in [4.69, 9.17) is 17.3 Å². The molecule has 2 atom stereocenters.